The maximum atomic E-state index is 13.3. The van der Waals surface area contributed by atoms with Crippen LogP contribution in [0.5, 0.6) is 0 Å². The molecule has 2 aromatic heterocycles. The van der Waals surface area contributed by atoms with Crippen molar-refractivity contribution in [1.29, 1.82) is 0 Å². The third kappa shape index (κ3) is 1.94. The number of hydrogen-bond acceptors (Lipinski definition) is 4. The molecule has 0 saturated heterocycles. The fourth-order valence-electron chi connectivity index (χ4n) is 1.47. The molecule has 0 aliphatic rings. The summed E-state index contributed by atoms with van der Waals surface area (Å²) < 4.78 is 14.7. The third-order valence-electron chi connectivity index (χ3n) is 2.24. The monoisotopic (exact) mass is 226 g/mol. The molecule has 1 atom stereocenters. The van der Waals surface area contributed by atoms with Crippen LogP contribution in [0.2, 0.25) is 0 Å². The Morgan fingerprint density at radius 1 is 1.56 bits per heavy atom. The number of nitrogens with one attached hydrogen (secondary N) is 1. The van der Waals surface area contributed by atoms with Crippen LogP contribution in [0.3, 0.4) is 0 Å². The molecular weight excluding hydrogens is 215 g/mol. The van der Waals surface area contributed by atoms with Crippen molar-refractivity contribution in [3.63, 3.8) is 0 Å². The summed E-state index contributed by atoms with van der Waals surface area (Å²) in [6, 6.07) is 0. The number of fused-ring (bicyclic) bond motifs is 1. The molecule has 7 heteroatoms. The highest BCUT2D eigenvalue weighted by Crippen LogP contribution is 2.08. The molecule has 6 nitrogen and oxygen atoms in total. The Kier molecular flexibility index (Phi) is 2.95. The first-order chi connectivity index (χ1) is 7.72. The van der Waals surface area contributed by atoms with Crippen molar-refractivity contribution in [3.05, 3.63) is 23.0 Å². The summed E-state index contributed by atoms with van der Waals surface area (Å²) in [4.78, 5) is 21.5. The standard InChI is InChI=1S/C9H11FN4O2/c10-6(1-2-15)3-14-5-13-7-8(14)11-4-12-9(7)16/h4-6,15H,1-3H2,(H,11,12,16)/t6-/m1/s1. The summed E-state index contributed by atoms with van der Waals surface area (Å²) >= 11 is 0. The molecule has 0 spiro atoms. The molecule has 2 aromatic rings. The van der Waals surface area contributed by atoms with Gasteiger partial charge in [-0.2, -0.15) is 0 Å². The van der Waals surface area contributed by atoms with Gasteiger partial charge in [0.1, 0.15) is 6.17 Å². The van der Waals surface area contributed by atoms with E-state index in [9.17, 15) is 9.18 Å². The van der Waals surface area contributed by atoms with Crippen LogP contribution >= 0.6 is 0 Å². The van der Waals surface area contributed by atoms with Crippen molar-refractivity contribution >= 4 is 11.2 Å². The summed E-state index contributed by atoms with van der Waals surface area (Å²) in [6.45, 7) is -0.171. The minimum absolute atomic E-state index is 0.0352. The Balaban J connectivity index is 2.32. The lowest BCUT2D eigenvalue weighted by molar-refractivity contribution is 0.205. The van der Waals surface area contributed by atoms with Crippen molar-refractivity contribution in [2.24, 2.45) is 0 Å². The van der Waals surface area contributed by atoms with Crippen molar-refractivity contribution < 1.29 is 9.50 Å². The molecule has 0 radical (unpaired) electrons. The maximum absolute atomic E-state index is 13.3. The van der Waals surface area contributed by atoms with E-state index in [2.05, 4.69) is 15.0 Å². The van der Waals surface area contributed by atoms with Crippen LogP contribution < -0.4 is 5.56 Å². The fourth-order valence-corrected chi connectivity index (χ4v) is 1.47. The summed E-state index contributed by atoms with van der Waals surface area (Å²) in [5.41, 5.74) is 0.198. The molecule has 16 heavy (non-hydrogen) atoms. The number of H-pyrrole nitrogens is 1. The average molecular weight is 226 g/mol. The fraction of sp³-hybridized carbons (Fsp3) is 0.444. The summed E-state index contributed by atoms with van der Waals surface area (Å²) in [7, 11) is 0. The Labute approximate surface area is 89.8 Å². The van der Waals surface area contributed by atoms with E-state index in [1.54, 1.807) is 0 Å². The third-order valence-corrected chi connectivity index (χ3v) is 2.24. The molecule has 0 aliphatic carbocycles. The van der Waals surface area contributed by atoms with Crippen LogP contribution in [0.25, 0.3) is 11.2 Å². The predicted molar refractivity (Wildman–Crippen MR) is 54.7 cm³/mol. The van der Waals surface area contributed by atoms with Gasteiger partial charge in [0.05, 0.1) is 19.2 Å². The Hall–Kier alpha value is -1.76. The van der Waals surface area contributed by atoms with E-state index in [4.69, 9.17) is 5.11 Å². The summed E-state index contributed by atoms with van der Waals surface area (Å²) in [6.07, 6.45) is 1.51. The van der Waals surface area contributed by atoms with Gasteiger partial charge in [-0.1, -0.05) is 0 Å². The highest BCUT2D eigenvalue weighted by atomic mass is 19.1. The first-order valence-electron chi connectivity index (χ1n) is 4.86. The van der Waals surface area contributed by atoms with Crippen LogP contribution in [-0.2, 0) is 6.54 Å². The van der Waals surface area contributed by atoms with Gasteiger partial charge < -0.3 is 14.7 Å². The van der Waals surface area contributed by atoms with E-state index < -0.39 is 6.17 Å². The smallest absolute Gasteiger partial charge is 0.278 e. The molecule has 0 amide bonds. The lowest BCUT2D eigenvalue weighted by Crippen LogP contribution is -2.14. The number of alkyl halides is 1. The van der Waals surface area contributed by atoms with E-state index in [0.717, 1.165) is 0 Å². The zero-order valence-corrected chi connectivity index (χ0v) is 8.43. The molecular formula is C9H11FN4O2. The van der Waals surface area contributed by atoms with Gasteiger partial charge in [0.15, 0.2) is 11.2 Å². The van der Waals surface area contributed by atoms with Crippen LogP contribution in [0, 0.1) is 0 Å². The molecule has 0 saturated carbocycles. The van der Waals surface area contributed by atoms with Crippen LogP contribution in [0.15, 0.2) is 17.4 Å². The summed E-state index contributed by atoms with van der Waals surface area (Å²) in [5, 5.41) is 8.59. The van der Waals surface area contributed by atoms with Gasteiger partial charge in [0, 0.05) is 13.0 Å². The number of aromatic nitrogens is 4. The second-order valence-corrected chi connectivity index (χ2v) is 3.41. The molecule has 0 aliphatic heterocycles. The Bertz CT molecular complexity index is 536. The van der Waals surface area contributed by atoms with Crippen molar-refractivity contribution in [2.45, 2.75) is 19.1 Å². The van der Waals surface area contributed by atoms with Crippen LogP contribution in [0.4, 0.5) is 4.39 Å². The lowest BCUT2D eigenvalue weighted by Gasteiger charge is -2.07. The molecule has 0 bridgehead atoms. The second-order valence-electron chi connectivity index (χ2n) is 3.41. The highest BCUT2D eigenvalue weighted by molar-refractivity contribution is 5.68. The van der Waals surface area contributed by atoms with E-state index in [0.29, 0.717) is 5.65 Å². The van der Waals surface area contributed by atoms with Gasteiger partial charge in [0.25, 0.3) is 5.56 Å². The number of aliphatic hydroxyl groups excluding tert-OH is 1. The maximum Gasteiger partial charge on any atom is 0.278 e. The summed E-state index contributed by atoms with van der Waals surface area (Å²) in [5.74, 6) is 0. The Morgan fingerprint density at radius 2 is 2.38 bits per heavy atom. The molecule has 86 valence electrons. The molecule has 2 heterocycles. The number of hydrogen-bond donors (Lipinski definition) is 2. The zero-order chi connectivity index (χ0) is 11.5. The average Bonchev–Trinajstić information content (AvgIpc) is 2.64. The minimum Gasteiger partial charge on any atom is -0.396 e. The van der Waals surface area contributed by atoms with Gasteiger partial charge in [-0.3, -0.25) is 4.79 Å². The highest BCUT2D eigenvalue weighted by Gasteiger charge is 2.11. The van der Waals surface area contributed by atoms with E-state index >= 15 is 0 Å². The quantitative estimate of drug-likeness (QED) is 0.758. The molecule has 0 aromatic carbocycles. The van der Waals surface area contributed by atoms with Gasteiger partial charge in [-0.15, -0.1) is 0 Å². The largest absolute Gasteiger partial charge is 0.396 e. The topological polar surface area (TPSA) is 83.8 Å². The van der Waals surface area contributed by atoms with Gasteiger partial charge in [-0.25, -0.2) is 14.4 Å². The lowest BCUT2D eigenvalue weighted by atomic mass is 10.3. The normalized spacial score (nSPS) is 13.1. The number of aliphatic hydroxyl groups is 1. The van der Waals surface area contributed by atoms with Crippen molar-refractivity contribution in [3.8, 4) is 0 Å². The first-order valence-corrected chi connectivity index (χ1v) is 4.86. The van der Waals surface area contributed by atoms with Crippen LogP contribution in [0.1, 0.15) is 6.42 Å². The number of halogens is 1. The Morgan fingerprint density at radius 3 is 3.12 bits per heavy atom. The first kappa shape index (κ1) is 10.7. The van der Waals surface area contributed by atoms with Gasteiger partial charge in [-0.05, 0) is 0 Å². The zero-order valence-electron chi connectivity index (χ0n) is 8.43. The number of nitrogens with zero attached hydrogens (tertiary/aromatic N) is 3. The van der Waals surface area contributed by atoms with Gasteiger partial charge in [0.2, 0.25) is 0 Å². The molecule has 0 unspecified atom stereocenters. The van der Waals surface area contributed by atoms with E-state index in [-0.39, 0.29) is 30.6 Å². The van der Waals surface area contributed by atoms with E-state index in [1.807, 2.05) is 0 Å². The van der Waals surface area contributed by atoms with Crippen molar-refractivity contribution in [2.75, 3.05) is 6.61 Å². The second kappa shape index (κ2) is 4.40. The van der Waals surface area contributed by atoms with Crippen molar-refractivity contribution in [1.82, 2.24) is 19.5 Å². The number of aromatic amines is 1. The minimum atomic E-state index is -1.18. The SMILES string of the molecule is O=c1[nH]cnc2c1ncn2C[C@H](F)CCO. The molecule has 0 fully saturated rings. The van der Waals surface area contributed by atoms with E-state index in [1.165, 1.54) is 17.2 Å². The molecule has 2 rings (SSSR count). The van der Waals surface area contributed by atoms with Gasteiger partial charge >= 0.3 is 0 Å². The number of imidazole rings is 1. The number of rotatable bonds is 4. The molecule has 2 N–H and O–H groups in total. The van der Waals surface area contributed by atoms with Crippen LogP contribution in [-0.4, -0.2) is 37.4 Å². The predicted octanol–water partition coefficient (Wildman–Crippen LogP) is -0.160.